The summed E-state index contributed by atoms with van der Waals surface area (Å²) >= 11 is 0. The van der Waals surface area contributed by atoms with Gasteiger partial charge in [-0.3, -0.25) is 4.79 Å². The van der Waals surface area contributed by atoms with Crippen molar-refractivity contribution in [3.8, 4) is 5.75 Å². The highest BCUT2D eigenvalue weighted by atomic mass is 16.5. The van der Waals surface area contributed by atoms with Crippen molar-refractivity contribution in [3.05, 3.63) is 59.7 Å². The van der Waals surface area contributed by atoms with Gasteiger partial charge in [0, 0.05) is 18.8 Å². The van der Waals surface area contributed by atoms with Crippen LogP contribution in [0.4, 0.5) is 5.69 Å². The Hall–Kier alpha value is -2.49. The van der Waals surface area contributed by atoms with E-state index in [9.17, 15) is 4.79 Å². The molecule has 0 bridgehead atoms. The number of benzene rings is 2. The molecular formula is C26H36N2O2. The number of carbonyl (C=O) groups excluding carboxylic acids is 1. The summed E-state index contributed by atoms with van der Waals surface area (Å²) in [6.45, 7) is 13.1. The van der Waals surface area contributed by atoms with E-state index in [1.807, 2.05) is 19.1 Å². The number of anilines is 1. The van der Waals surface area contributed by atoms with Gasteiger partial charge in [-0.25, -0.2) is 0 Å². The van der Waals surface area contributed by atoms with Crippen molar-refractivity contribution < 1.29 is 9.53 Å². The van der Waals surface area contributed by atoms with Gasteiger partial charge in [0.25, 0.3) is 5.91 Å². The molecule has 2 aromatic carbocycles. The van der Waals surface area contributed by atoms with Crippen molar-refractivity contribution in [2.45, 2.75) is 58.9 Å². The molecule has 1 aliphatic rings. The van der Waals surface area contributed by atoms with E-state index >= 15 is 0 Å². The number of rotatable bonds is 6. The SMILES string of the molecule is CC1CCCN(c2ccc(C(C)NC(=O)COc3ccc(C(C)(C)C)cc3)cc2)C1. The number of hydrogen-bond donors (Lipinski definition) is 1. The van der Waals surface area contributed by atoms with Gasteiger partial charge in [-0.15, -0.1) is 0 Å². The maximum atomic E-state index is 12.3. The Bertz CT molecular complexity index is 822. The molecule has 2 atom stereocenters. The van der Waals surface area contributed by atoms with Gasteiger partial charge >= 0.3 is 0 Å². The molecule has 0 aliphatic carbocycles. The smallest absolute Gasteiger partial charge is 0.258 e. The number of nitrogens with one attached hydrogen (secondary N) is 1. The van der Waals surface area contributed by atoms with Crippen molar-refractivity contribution in [2.24, 2.45) is 5.92 Å². The van der Waals surface area contributed by atoms with Crippen LogP contribution >= 0.6 is 0 Å². The zero-order chi connectivity index (χ0) is 21.7. The number of piperidine rings is 1. The molecule has 1 heterocycles. The maximum Gasteiger partial charge on any atom is 0.258 e. The van der Waals surface area contributed by atoms with Crippen molar-refractivity contribution in [3.63, 3.8) is 0 Å². The van der Waals surface area contributed by atoms with Crippen LogP contribution in [0.3, 0.4) is 0 Å². The number of carbonyl (C=O) groups is 1. The number of hydrogen-bond acceptors (Lipinski definition) is 3. The second-order valence-corrected chi connectivity index (χ2v) is 9.64. The topological polar surface area (TPSA) is 41.6 Å². The minimum absolute atomic E-state index is 0.0168. The molecule has 162 valence electrons. The lowest BCUT2D eigenvalue weighted by atomic mass is 9.87. The quantitative estimate of drug-likeness (QED) is 0.688. The highest BCUT2D eigenvalue weighted by Gasteiger charge is 2.17. The molecule has 1 aliphatic heterocycles. The summed E-state index contributed by atoms with van der Waals surface area (Å²) in [4.78, 5) is 14.8. The zero-order valence-corrected chi connectivity index (χ0v) is 19.1. The largest absolute Gasteiger partial charge is 0.484 e. The van der Waals surface area contributed by atoms with Gasteiger partial charge < -0.3 is 15.0 Å². The summed E-state index contributed by atoms with van der Waals surface area (Å²) in [5.41, 5.74) is 3.72. The van der Waals surface area contributed by atoms with E-state index in [-0.39, 0.29) is 24.0 Å². The predicted molar refractivity (Wildman–Crippen MR) is 124 cm³/mol. The summed E-state index contributed by atoms with van der Waals surface area (Å²) in [5.74, 6) is 1.35. The van der Waals surface area contributed by atoms with E-state index < -0.39 is 0 Å². The second kappa shape index (κ2) is 9.55. The molecule has 0 saturated carbocycles. The Balaban J connectivity index is 1.49. The van der Waals surface area contributed by atoms with Crippen molar-refractivity contribution in [1.82, 2.24) is 5.32 Å². The van der Waals surface area contributed by atoms with E-state index in [0.29, 0.717) is 5.75 Å². The Morgan fingerprint density at radius 1 is 1.13 bits per heavy atom. The first-order valence-electron chi connectivity index (χ1n) is 11.1. The number of amides is 1. The van der Waals surface area contributed by atoms with Crippen LogP contribution in [0.15, 0.2) is 48.5 Å². The fourth-order valence-corrected chi connectivity index (χ4v) is 3.96. The summed E-state index contributed by atoms with van der Waals surface area (Å²) in [6, 6.07) is 16.5. The summed E-state index contributed by atoms with van der Waals surface area (Å²) in [5, 5.41) is 3.03. The van der Waals surface area contributed by atoms with E-state index in [2.05, 4.69) is 74.3 Å². The highest BCUT2D eigenvalue weighted by molar-refractivity contribution is 5.78. The molecule has 4 nitrogen and oxygen atoms in total. The monoisotopic (exact) mass is 408 g/mol. The van der Waals surface area contributed by atoms with Gasteiger partial charge in [-0.05, 0) is 66.5 Å². The zero-order valence-electron chi connectivity index (χ0n) is 19.1. The van der Waals surface area contributed by atoms with Crippen molar-refractivity contribution in [2.75, 3.05) is 24.6 Å². The fraction of sp³-hybridized carbons (Fsp3) is 0.500. The maximum absolute atomic E-state index is 12.3. The van der Waals surface area contributed by atoms with E-state index in [4.69, 9.17) is 4.74 Å². The van der Waals surface area contributed by atoms with E-state index in [0.717, 1.165) is 24.6 Å². The van der Waals surface area contributed by atoms with Gasteiger partial charge in [0.05, 0.1) is 6.04 Å². The minimum Gasteiger partial charge on any atom is -0.484 e. The lowest BCUT2D eigenvalue weighted by Crippen LogP contribution is -2.34. The van der Waals surface area contributed by atoms with Crippen molar-refractivity contribution >= 4 is 11.6 Å². The van der Waals surface area contributed by atoms with Crippen LogP contribution in [-0.2, 0) is 10.2 Å². The van der Waals surface area contributed by atoms with Crippen LogP contribution in [0, 0.1) is 5.92 Å². The molecule has 1 N–H and O–H groups in total. The van der Waals surface area contributed by atoms with E-state index in [1.54, 1.807) is 0 Å². The fourth-order valence-electron chi connectivity index (χ4n) is 3.96. The standard InChI is InChI=1S/C26H36N2O2/c1-19-7-6-16-28(17-19)23-12-8-21(9-13-23)20(2)27-25(29)18-30-24-14-10-22(11-15-24)26(3,4)5/h8-15,19-20H,6-7,16-18H2,1-5H3,(H,27,29). The lowest BCUT2D eigenvalue weighted by Gasteiger charge is -2.33. The minimum atomic E-state index is -0.115. The molecule has 2 unspecified atom stereocenters. The summed E-state index contributed by atoms with van der Waals surface area (Å²) in [6.07, 6.45) is 2.58. The third-order valence-electron chi connectivity index (χ3n) is 5.88. The van der Waals surface area contributed by atoms with Crippen LogP contribution in [0.2, 0.25) is 0 Å². The number of nitrogens with zero attached hydrogens (tertiary/aromatic N) is 1. The van der Waals surface area contributed by atoms with Crippen LogP contribution in [0.25, 0.3) is 0 Å². The van der Waals surface area contributed by atoms with Gasteiger partial charge in [0.15, 0.2) is 6.61 Å². The molecule has 30 heavy (non-hydrogen) atoms. The third-order valence-corrected chi connectivity index (χ3v) is 5.88. The molecule has 0 aromatic heterocycles. The second-order valence-electron chi connectivity index (χ2n) is 9.64. The molecule has 4 heteroatoms. The normalized spacial score (nSPS) is 18.0. The lowest BCUT2D eigenvalue weighted by molar-refractivity contribution is -0.123. The Labute approximate surface area is 181 Å². The van der Waals surface area contributed by atoms with Crippen LogP contribution in [0.1, 0.15) is 64.6 Å². The predicted octanol–water partition coefficient (Wildman–Crippen LogP) is 5.48. The van der Waals surface area contributed by atoms with Gasteiger partial charge in [0.2, 0.25) is 0 Å². The molecule has 1 saturated heterocycles. The molecular weight excluding hydrogens is 372 g/mol. The Morgan fingerprint density at radius 2 is 1.80 bits per heavy atom. The first-order valence-corrected chi connectivity index (χ1v) is 11.1. The molecule has 2 aromatic rings. The summed E-state index contributed by atoms with van der Waals surface area (Å²) in [7, 11) is 0. The van der Waals surface area contributed by atoms with Gasteiger partial charge in [-0.2, -0.15) is 0 Å². The first kappa shape index (κ1) is 22.2. The van der Waals surface area contributed by atoms with Crippen LogP contribution < -0.4 is 15.0 Å². The summed E-state index contributed by atoms with van der Waals surface area (Å²) < 4.78 is 5.66. The average Bonchev–Trinajstić information content (AvgIpc) is 2.72. The first-order chi connectivity index (χ1) is 14.2. The third kappa shape index (κ3) is 6.01. The molecule has 1 fully saturated rings. The van der Waals surface area contributed by atoms with E-state index in [1.165, 1.54) is 24.1 Å². The van der Waals surface area contributed by atoms with Crippen LogP contribution in [0.5, 0.6) is 5.75 Å². The number of ether oxygens (including phenoxy) is 1. The Morgan fingerprint density at radius 3 is 2.40 bits per heavy atom. The average molecular weight is 409 g/mol. The molecule has 0 radical (unpaired) electrons. The molecule has 1 amide bonds. The van der Waals surface area contributed by atoms with Gasteiger partial charge in [0.1, 0.15) is 5.75 Å². The molecule has 3 rings (SSSR count). The van der Waals surface area contributed by atoms with Gasteiger partial charge in [-0.1, -0.05) is 52.0 Å². The van der Waals surface area contributed by atoms with Crippen molar-refractivity contribution in [1.29, 1.82) is 0 Å². The molecule has 0 spiro atoms. The van der Waals surface area contributed by atoms with Crippen LogP contribution in [-0.4, -0.2) is 25.6 Å². The highest BCUT2D eigenvalue weighted by Crippen LogP contribution is 2.25. The Kier molecular flexibility index (Phi) is 7.06.